The van der Waals surface area contributed by atoms with Crippen molar-refractivity contribution in [3.63, 3.8) is 0 Å². The van der Waals surface area contributed by atoms with Crippen molar-refractivity contribution in [3.8, 4) is 11.1 Å². The van der Waals surface area contributed by atoms with Gasteiger partial charge < -0.3 is 0 Å². The maximum absolute atomic E-state index is 14.1. The molecule has 0 spiro atoms. The Bertz CT molecular complexity index is 804. The predicted molar refractivity (Wildman–Crippen MR) is 79.7 cm³/mol. The second-order valence-electron chi connectivity index (χ2n) is 4.40. The van der Waals surface area contributed by atoms with Gasteiger partial charge in [0.05, 0.1) is 5.56 Å². The van der Waals surface area contributed by atoms with Crippen molar-refractivity contribution in [2.75, 3.05) is 5.32 Å². The van der Waals surface area contributed by atoms with Crippen molar-refractivity contribution in [3.05, 3.63) is 65.2 Å². The summed E-state index contributed by atoms with van der Waals surface area (Å²) in [7, 11) is 0. The molecular weight excluding hydrogens is 308 g/mol. The molecule has 0 atom stereocenters. The van der Waals surface area contributed by atoms with E-state index in [-0.39, 0.29) is 11.4 Å². The van der Waals surface area contributed by atoms with Gasteiger partial charge >= 0.3 is 0 Å². The maximum atomic E-state index is 14.1. The molecule has 0 fully saturated rings. The average molecular weight is 317 g/mol. The van der Waals surface area contributed by atoms with Crippen LogP contribution in [0.3, 0.4) is 0 Å². The van der Waals surface area contributed by atoms with E-state index in [9.17, 15) is 13.6 Å². The van der Waals surface area contributed by atoms with Crippen LogP contribution in [0.2, 0.25) is 0 Å². The van der Waals surface area contributed by atoms with E-state index in [1.54, 1.807) is 18.2 Å². The van der Waals surface area contributed by atoms with Crippen LogP contribution >= 0.6 is 11.3 Å². The molecule has 0 aliphatic carbocycles. The largest absolute Gasteiger partial charge is 0.296 e. The van der Waals surface area contributed by atoms with Crippen LogP contribution in [0, 0.1) is 11.6 Å². The molecule has 0 aliphatic heterocycles. The summed E-state index contributed by atoms with van der Waals surface area (Å²) in [6.07, 6.45) is 0. The molecule has 3 aromatic rings. The molecule has 0 bridgehead atoms. The van der Waals surface area contributed by atoms with E-state index >= 15 is 0 Å². The van der Waals surface area contributed by atoms with Crippen LogP contribution in [0.5, 0.6) is 0 Å². The molecule has 0 saturated heterocycles. The fraction of sp³-hybridized carbons (Fsp3) is 0. The lowest BCUT2D eigenvalue weighted by Gasteiger charge is -2.06. The Morgan fingerprint density at radius 3 is 2.41 bits per heavy atom. The van der Waals surface area contributed by atoms with E-state index in [0.717, 1.165) is 11.3 Å². The van der Waals surface area contributed by atoms with Gasteiger partial charge in [-0.1, -0.05) is 29.5 Å². The van der Waals surface area contributed by atoms with Crippen molar-refractivity contribution < 1.29 is 13.6 Å². The number of nitrogens with one attached hydrogen (secondary N) is 1. The molecule has 0 radical (unpaired) electrons. The highest BCUT2D eigenvalue weighted by Gasteiger charge is 2.14. The molecule has 4 nitrogen and oxygen atoms in total. The minimum Gasteiger partial charge on any atom is -0.296 e. The molecule has 2 aromatic carbocycles. The molecule has 1 heterocycles. The van der Waals surface area contributed by atoms with Crippen molar-refractivity contribution in [2.45, 2.75) is 0 Å². The number of amides is 1. The molecule has 7 heteroatoms. The lowest BCUT2D eigenvalue weighted by Crippen LogP contribution is -2.13. The SMILES string of the molecule is O=C(Nc1nncs1)c1ccc(-c2ccc(F)cc2)cc1F. The Balaban J connectivity index is 1.85. The summed E-state index contributed by atoms with van der Waals surface area (Å²) in [5.41, 5.74) is 2.59. The monoisotopic (exact) mass is 317 g/mol. The van der Waals surface area contributed by atoms with Gasteiger partial charge in [0.1, 0.15) is 17.1 Å². The summed E-state index contributed by atoms with van der Waals surface area (Å²) in [5, 5.41) is 10.0. The second kappa shape index (κ2) is 5.98. The third-order valence-electron chi connectivity index (χ3n) is 2.97. The standard InChI is InChI=1S/C15H9F2N3OS/c16-11-4-1-9(2-5-11)10-3-6-12(13(17)7-10)14(21)19-15-20-18-8-22-15/h1-8H,(H,19,20,21). The van der Waals surface area contributed by atoms with Crippen molar-refractivity contribution >= 4 is 22.4 Å². The summed E-state index contributed by atoms with van der Waals surface area (Å²) in [6.45, 7) is 0. The van der Waals surface area contributed by atoms with Crippen LogP contribution < -0.4 is 5.32 Å². The third kappa shape index (κ3) is 2.99. The number of hydrogen-bond donors (Lipinski definition) is 1. The fourth-order valence-electron chi connectivity index (χ4n) is 1.91. The van der Waals surface area contributed by atoms with E-state index in [1.165, 1.54) is 29.8 Å². The zero-order valence-electron chi connectivity index (χ0n) is 11.1. The summed E-state index contributed by atoms with van der Waals surface area (Å²) in [6, 6.07) is 9.90. The van der Waals surface area contributed by atoms with Crippen LogP contribution in [0.25, 0.3) is 11.1 Å². The second-order valence-corrected chi connectivity index (χ2v) is 5.23. The highest BCUT2D eigenvalue weighted by molar-refractivity contribution is 7.13. The Morgan fingerprint density at radius 2 is 1.77 bits per heavy atom. The van der Waals surface area contributed by atoms with Gasteiger partial charge in [0, 0.05) is 0 Å². The highest BCUT2D eigenvalue weighted by Crippen LogP contribution is 2.23. The van der Waals surface area contributed by atoms with E-state index in [0.29, 0.717) is 16.3 Å². The Hall–Kier alpha value is -2.67. The van der Waals surface area contributed by atoms with Gasteiger partial charge in [-0.3, -0.25) is 10.1 Å². The van der Waals surface area contributed by atoms with Gasteiger partial charge in [0.25, 0.3) is 5.91 Å². The van der Waals surface area contributed by atoms with E-state index in [2.05, 4.69) is 15.5 Å². The lowest BCUT2D eigenvalue weighted by atomic mass is 10.0. The molecule has 0 saturated carbocycles. The Kier molecular flexibility index (Phi) is 3.88. The number of anilines is 1. The van der Waals surface area contributed by atoms with Gasteiger partial charge in [-0.15, -0.1) is 10.2 Å². The summed E-state index contributed by atoms with van der Waals surface area (Å²) in [5.74, 6) is -1.62. The zero-order chi connectivity index (χ0) is 15.5. The number of rotatable bonds is 3. The number of carbonyl (C=O) groups excluding carboxylic acids is 1. The predicted octanol–water partition coefficient (Wildman–Crippen LogP) is 3.74. The number of halogens is 2. The lowest BCUT2D eigenvalue weighted by molar-refractivity contribution is 0.102. The summed E-state index contributed by atoms with van der Waals surface area (Å²) < 4.78 is 27.0. The fourth-order valence-corrected chi connectivity index (χ4v) is 2.35. The number of aromatic nitrogens is 2. The van der Waals surface area contributed by atoms with Crippen molar-refractivity contribution in [1.29, 1.82) is 0 Å². The number of benzene rings is 2. The molecule has 1 aromatic heterocycles. The molecule has 22 heavy (non-hydrogen) atoms. The average Bonchev–Trinajstić information content (AvgIpc) is 3.00. The third-order valence-corrected chi connectivity index (χ3v) is 3.58. The van der Waals surface area contributed by atoms with Crippen LogP contribution in [0.1, 0.15) is 10.4 Å². The Labute approximate surface area is 128 Å². The number of carbonyl (C=O) groups is 1. The first kappa shape index (κ1) is 14.3. The van der Waals surface area contributed by atoms with Crippen LogP contribution in [0.15, 0.2) is 48.0 Å². The molecule has 1 N–H and O–H groups in total. The maximum Gasteiger partial charge on any atom is 0.260 e. The van der Waals surface area contributed by atoms with Crippen LogP contribution in [0.4, 0.5) is 13.9 Å². The van der Waals surface area contributed by atoms with Gasteiger partial charge in [0.15, 0.2) is 0 Å². The molecule has 0 unspecified atom stereocenters. The zero-order valence-corrected chi connectivity index (χ0v) is 11.9. The first-order chi connectivity index (χ1) is 10.6. The highest BCUT2D eigenvalue weighted by atomic mass is 32.1. The summed E-state index contributed by atoms with van der Waals surface area (Å²) >= 11 is 1.14. The number of hydrogen-bond acceptors (Lipinski definition) is 4. The quantitative estimate of drug-likeness (QED) is 0.800. The normalized spacial score (nSPS) is 10.5. The van der Waals surface area contributed by atoms with Gasteiger partial charge in [0.2, 0.25) is 5.13 Å². The first-order valence-corrected chi connectivity index (χ1v) is 7.14. The molecular formula is C15H9F2N3OS. The molecule has 3 rings (SSSR count). The van der Waals surface area contributed by atoms with E-state index in [4.69, 9.17) is 0 Å². The van der Waals surface area contributed by atoms with Crippen LogP contribution in [-0.2, 0) is 0 Å². The van der Waals surface area contributed by atoms with E-state index < -0.39 is 11.7 Å². The van der Waals surface area contributed by atoms with Gasteiger partial charge in [-0.25, -0.2) is 8.78 Å². The minimum absolute atomic E-state index is 0.0962. The van der Waals surface area contributed by atoms with Crippen molar-refractivity contribution in [1.82, 2.24) is 10.2 Å². The van der Waals surface area contributed by atoms with E-state index in [1.807, 2.05) is 0 Å². The molecule has 110 valence electrons. The molecule has 0 aliphatic rings. The number of nitrogens with zero attached hydrogens (tertiary/aromatic N) is 2. The minimum atomic E-state index is -0.663. The first-order valence-electron chi connectivity index (χ1n) is 6.26. The summed E-state index contributed by atoms with van der Waals surface area (Å²) in [4.78, 5) is 12.0. The van der Waals surface area contributed by atoms with Crippen LogP contribution in [-0.4, -0.2) is 16.1 Å². The van der Waals surface area contributed by atoms with Crippen molar-refractivity contribution in [2.24, 2.45) is 0 Å². The van der Waals surface area contributed by atoms with Gasteiger partial charge in [-0.05, 0) is 35.4 Å². The van der Waals surface area contributed by atoms with Gasteiger partial charge in [-0.2, -0.15) is 0 Å². The Morgan fingerprint density at radius 1 is 1.05 bits per heavy atom. The smallest absolute Gasteiger partial charge is 0.260 e. The topological polar surface area (TPSA) is 54.9 Å². The molecule has 1 amide bonds.